The van der Waals surface area contributed by atoms with Gasteiger partial charge >= 0.3 is 5.97 Å². The van der Waals surface area contributed by atoms with Crippen LogP contribution in [0, 0.1) is 6.92 Å². The Morgan fingerprint density at radius 2 is 1.88 bits per heavy atom. The van der Waals surface area contributed by atoms with Gasteiger partial charge in [-0.15, -0.1) is 0 Å². The molecule has 0 aliphatic carbocycles. The summed E-state index contributed by atoms with van der Waals surface area (Å²) >= 11 is 0. The first-order chi connectivity index (χ1) is 12.7. The first-order valence-electron chi connectivity index (χ1n) is 8.41. The van der Waals surface area contributed by atoms with Crippen LogP contribution in [-0.2, 0) is 22.6 Å². The maximum absolute atomic E-state index is 12.0. The molecule has 0 unspecified atom stereocenters. The molecule has 0 fully saturated rings. The van der Waals surface area contributed by atoms with Crippen molar-refractivity contribution in [1.82, 2.24) is 10.1 Å². The molecule has 0 saturated heterocycles. The van der Waals surface area contributed by atoms with E-state index in [9.17, 15) is 4.79 Å². The summed E-state index contributed by atoms with van der Waals surface area (Å²) in [5, 5.41) is 3.95. The number of hydrogen-bond donors (Lipinski definition) is 0. The van der Waals surface area contributed by atoms with E-state index in [1.165, 1.54) is 0 Å². The van der Waals surface area contributed by atoms with Crippen LogP contribution in [0.3, 0.4) is 0 Å². The van der Waals surface area contributed by atoms with Crippen LogP contribution in [0.15, 0.2) is 53.1 Å². The summed E-state index contributed by atoms with van der Waals surface area (Å²) in [5.74, 6) is 1.17. The third kappa shape index (κ3) is 4.47. The van der Waals surface area contributed by atoms with Crippen LogP contribution in [0.2, 0.25) is 0 Å². The number of aromatic nitrogens is 2. The number of ether oxygens (including phenoxy) is 2. The minimum absolute atomic E-state index is 0.0469. The van der Waals surface area contributed by atoms with Crippen molar-refractivity contribution in [3.63, 3.8) is 0 Å². The Balaban J connectivity index is 1.54. The van der Waals surface area contributed by atoms with Gasteiger partial charge in [0.05, 0.1) is 13.0 Å². The number of nitrogens with zero attached hydrogens (tertiary/aromatic N) is 2. The van der Waals surface area contributed by atoms with Crippen LogP contribution in [0.5, 0.6) is 5.75 Å². The molecule has 3 aromatic rings. The second-order valence-corrected chi connectivity index (χ2v) is 5.74. The Morgan fingerprint density at radius 3 is 2.62 bits per heavy atom. The summed E-state index contributed by atoms with van der Waals surface area (Å²) in [6.45, 7) is 4.46. The standard InChI is InChI=1S/C20H20N2O4/c1-3-24-16-10-8-15(9-11-16)12-19(23)25-13-18-21-20(22-26-18)17-7-5-4-6-14(17)2/h4-11H,3,12-13H2,1-2H3. The second-order valence-electron chi connectivity index (χ2n) is 5.74. The maximum Gasteiger partial charge on any atom is 0.310 e. The number of aryl methyl sites for hydroxylation is 1. The molecule has 0 aliphatic heterocycles. The number of rotatable bonds is 7. The van der Waals surface area contributed by atoms with Crippen molar-refractivity contribution in [2.24, 2.45) is 0 Å². The number of benzene rings is 2. The summed E-state index contributed by atoms with van der Waals surface area (Å²) < 4.78 is 15.8. The molecule has 1 heterocycles. The Kier molecular flexibility index (Phi) is 5.63. The molecule has 0 amide bonds. The minimum Gasteiger partial charge on any atom is -0.494 e. The van der Waals surface area contributed by atoms with E-state index in [4.69, 9.17) is 14.0 Å². The summed E-state index contributed by atoms with van der Waals surface area (Å²) in [6.07, 6.45) is 0.172. The fraction of sp³-hybridized carbons (Fsp3) is 0.250. The molecule has 0 bridgehead atoms. The Hall–Kier alpha value is -3.15. The molecule has 2 aromatic carbocycles. The lowest BCUT2D eigenvalue weighted by Gasteiger charge is -2.05. The van der Waals surface area contributed by atoms with Crippen LogP contribution in [0.25, 0.3) is 11.4 Å². The van der Waals surface area contributed by atoms with Gasteiger partial charge in [0.1, 0.15) is 5.75 Å². The normalized spacial score (nSPS) is 10.5. The lowest BCUT2D eigenvalue weighted by atomic mass is 10.1. The van der Waals surface area contributed by atoms with E-state index in [-0.39, 0.29) is 24.9 Å². The SMILES string of the molecule is CCOc1ccc(CC(=O)OCc2nc(-c3ccccc3C)no2)cc1. The highest BCUT2D eigenvalue weighted by Gasteiger charge is 2.13. The van der Waals surface area contributed by atoms with Gasteiger partial charge in [-0.25, -0.2) is 0 Å². The van der Waals surface area contributed by atoms with Gasteiger partial charge in [0.25, 0.3) is 5.89 Å². The van der Waals surface area contributed by atoms with Crippen LogP contribution >= 0.6 is 0 Å². The second kappa shape index (κ2) is 8.29. The monoisotopic (exact) mass is 352 g/mol. The van der Waals surface area contributed by atoms with Crippen molar-refractivity contribution in [1.29, 1.82) is 0 Å². The quantitative estimate of drug-likeness (QED) is 0.603. The number of esters is 1. The fourth-order valence-electron chi connectivity index (χ4n) is 2.48. The summed E-state index contributed by atoms with van der Waals surface area (Å²) in [5.41, 5.74) is 2.79. The molecule has 26 heavy (non-hydrogen) atoms. The molecule has 0 aliphatic rings. The van der Waals surface area contributed by atoms with Crippen LogP contribution in [0.1, 0.15) is 23.9 Å². The van der Waals surface area contributed by atoms with Gasteiger partial charge in [-0.2, -0.15) is 4.98 Å². The summed E-state index contributed by atoms with van der Waals surface area (Å²) in [6, 6.07) is 15.1. The van der Waals surface area contributed by atoms with Crippen molar-refractivity contribution in [3.8, 4) is 17.1 Å². The zero-order valence-electron chi connectivity index (χ0n) is 14.8. The van der Waals surface area contributed by atoms with Gasteiger partial charge in [0.2, 0.25) is 5.82 Å². The largest absolute Gasteiger partial charge is 0.494 e. The Bertz CT molecular complexity index is 872. The molecule has 6 heteroatoms. The highest BCUT2D eigenvalue weighted by molar-refractivity contribution is 5.72. The number of carbonyl (C=O) groups is 1. The molecular formula is C20H20N2O4. The molecule has 1 aromatic heterocycles. The van der Waals surface area contributed by atoms with Gasteiger partial charge in [0, 0.05) is 5.56 Å². The van der Waals surface area contributed by atoms with E-state index < -0.39 is 0 Å². The van der Waals surface area contributed by atoms with Gasteiger partial charge < -0.3 is 14.0 Å². The molecule has 0 radical (unpaired) electrons. The topological polar surface area (TPSA) is 74.5 Å². The predicted molar refractivity (Wildman–Crippen MR) is 95.6 cm³/mol. The third-order valence-electron chi connectivity index (χ3n) is 3.79. The highest BCUT2D eigenvalue weighted by atomic mass is 16.6. The Labute approximate surface area is 151 Å². The predicted octanol–water partition coefficient (Wildman–Crippen LogP) is 3.73. The Morgan fingerprint density at radius 1 is 1.12 bits per heavy atom. The van der Waals surface area contributed by atoms with E-state index in [0.29, 0.717) is 12.4 Å². The molecule has 0 N–H and O–H groups in total. The molecular weight excluding hydrogens is 332 g/mol. The first kappa shape index (κ1) is 17.7. The van der Waals surface area contributed by atoms with Crippen molar-refractivity contribution >= 4 is 5.97 Å². The van der Waals surface area contributed by atoms with Crippen LogP contribution in [0.4, 0.5) is 0 Å². The number of hydrogen-bond acceptors (Lipinski definition) is 6. The van der Waals surface area contributed by atoms with Gasteiger partial charge in [-0.3, -0.25) is 4.79 Å². The zero-order chi connectivity index (χ0) is 18.4. The number of carbonyl (C=O) groups excluding carboxylic acids is 1. The third-order valence-corrected chi connectivity index (χ3v) is 3.79. The lowest BCUT2D eigenvalue weighted by molar-refractivity contribution is -0.144. The average molecular weight is 352 g/mol. The first-order valence-corrected chi connectivity index (χ1v) is 8.41. The van der Waals surface area contributed by atoms with E-state index >= 15 is 0 Å². The highest BCUT2D eigenvalue weighted by Crippen LogP contribution is 2.20. The molecule has 0 atom stereocenters. The summed E-state index contributed by atoms with van der Waals surface area (Å²) in [4.78, 5) is 16.3. The average Bonchev–Trinajstić information content (AvgIpc) is 3.11. The molecule has 134 valence electrons. The minimum atomic E-state index is -0.357. The zero-order valence-corrected chi connectivity index (χ0v) is 14.8. The smallest absolute Gasteiger partial charge is 0.310 e. The van der Waals surface area contributed by atoms with Crippen molar-refractivity contribution in [3.05, 3.63) is 65.5 Å². The van der Waals surface area contributed by atoms with Crippen molar-refractivity contribution < 1.29 is 18.8 Å². The maximum atomic E-state index is 12.0. The van der Waals surface area contributed by atoms with Crippen molar-refractivity contribution in [2.75, 3.05) is 6.61 Å². The van der Waals surface area contributed by atoms with E-state index in [0.717, 1.165) is 22.4 Å². The van der Waals surface area contributed by atoms with Gasteiger partial charge in [-0.05, 0) is 37.1 Å². The van der Waals surface area contributed by atoms with E-state index in [2.05, 4.69) is 10.1 Å². The van der Waals surface area contributed by atoms with E-state index in [1.807, 2.05) is 62.4 Å². The van der Waals surface area contributed by atoms with Gasteiger partial charge in [-0.1, -0.05) is 41.6 Å². The molecule has 0 saturated carbocycles. The fourth-order valence-corrected chi connectivity index (χ4v) is 2.48. The molecule has 6 nitrogen and oxygen atoms in total. The lowest BCUT2D eigenvalue weighted by Crippen LogP contribution is -2.08. The van der Waals surface area contributed by atoms with Crippen molar-refractivity contribution in [2.45, 2.75) is 26.9 Å². The van der Waals surface area contributed by atoms with Gasteiger partial charge in [0.15, 0.2) is 6.61 Å². The molecule has 0 spiro atoms. The molecule has 3 rings (SSSR count). The van der Waals surface area contributed by atoms with E-state index in [1.54, 1.807) is 0 Å². The van der Waals surface area contributed by atoms with Crippen LogP contribution < -0.4 is 4.74 Å². The van der Waals surface area contributed by atoms with Crippen LogP contribution in [-0.4, -0.2) is 22.7 Å². The summed E-state index contributed by atoms with van der Waals surface area (Å²) in [7, 11) is 0.